The van der Waals surface area contributed by atoms with Gasteiger partial charge in [-0.15, -0.1) is 0 Å². The minimum absolute atomic E-state index is 0. The van der Waals surface area contributed by atoms with Gasteiger partial charge < -0.3 is 24.0 Å². The third-order valence-electron chi connectivity index (χ3n) is 1.61. The van der Waals surface area contributed by atoms with E-state index in [4.69, 9.17) is 0 Å². The first-order valence-electron chi connectivity index (χ1n) is 3.82. The van der Waals surface area contributed by atoms with Crippen molar-refractivity contribution in [1.82, 2.24) is 4.98 Å². The lowest BCUT2D eigenvalue weighted by Crippen LogP contribution is -3.00. The van der Waals surface area contributed by atoms with Gasteiger partial charge in [0.25, 0.3) is 6.33 Å². The Labute approximate surface area is 91.0 Å². The van der Waals surface area contributed by atoms with Crippen LogP contribution in [0.5, 0.6) is 0 Å². The van der Waals surface area contributed by atoms with Gasteiger partial charge in [0.15, 0.2) is 5.69 Å². The van der Waals surface area contributed by atoms with Crippen molar-refractivity contribution in [3.63, 3.8) is 0 Å². The van der Waals surface area contributed by atoms with Gasteiger partial charge in [0, 0.05) is 11.5 Å². The highest BCUT2D eigenvalue weighted by Gasteiger charge is 2.19. The van der Waals surface area contributed by atoms with E-state index in [0.717, 1.165) is 5.69 Å². The predicted octanol–water partition coefficient (Wildman–Crippen LogP) is -1.79. The van der Waals surface area contributed by atoms with Gasteiger partial charge in [0.2, 0.25) is 0 Å². The maximum Gasteiger partial charge on any atom is 0.286 e. The Kier molecular flexibility index (Phi) is 4.10. The van der Waals surface area contributed by atoms with E-state index in [1.807, 2.05) is 24.1 Å². The van der Waals surface area contributed by atoms with Gasteiger partial charge in [-0.1, -0.05) is 25.8 Å². The van der Waals surface area contributed by atoms with E-state index in [0.29, 0.717) is 0 Å². The molecule has 68 valence electrons. The quantitative estimate of drug-likeness (QED) is 0.404. The molecule has 1 heterocycles. The zero-order valence-corrected chi connectivity index (χ0v) is 10.2. The molecule has 0 spiro atoms. The molecule has 12 heavy (non-hydrogen) atoms. The summed E-state index contributed by atoms with van der Waals surface area (Å²) in [5.74, 6) is 0. The molecule has 0 aromatic carbocycles. The van der Waals surface area contributed by atoms with Gasteiger partial charge in [-0.05, 0) is 0 Å². The highest BCUT2D eigenvalue weighted by Crippen LogP contribution is 2.17. The van der Waals surface area contributed by atoms with Gasteiger partial charge >= 0.3 is 0 Å². The molecule has 0 radical (unpaired) electrons. The van der Waals surface area contributed by atoms with Crippen molar-refractivity contribution in [2.75, 3.05) is 0 Å². The lowest BCUT2D eigenvalue weighted by atomic mass is 9.92. The highest BCUT2D eigenvalue weighted by molar-refractivity contribution is 5.07. The normalized spacial score (nSPS) is 10.7. The SMILES string of the molecule is C[n+]1ccc(C(C)(C)C)nc1.[I-]. The van der Waals surface area contributed by atoms with Gasteiger partial charge in [-0.3, -0.25) is 0 Å². The number of hydrogen-bond acceptors (Lipinski definition) is 1. The minimum Gasteiger partial charge on any atom is -1.00 e. The predicted molar refractivity (Wildman–Crippen MR) is 44.1 cm³/mol. The number of rotatable bonds is 0. The van der Waals surface area contributed by atoms with Crippen molar-refractivity contribution in [2.24, 2.45) is 7.05 Å². The van der Waals surface area contributed by atoms with E-state index in [1.165, 1.54) is 0 Å². The van der Waals surface area contributed by atoms with Crippen LogP contribution < -0.4 is 28.5 Å². The summed E-state index contributed by atoms with van der Waals surface area (Å²) in [6.07, 6.45) is 3.86. The summed E-state index contributed by atoms with van der Waals surface area (Å²) in [5, 5.41) is 0. The summed E-state index contributed by atoms with van der Waals surface area (Å²) >= 11 is 0. The number of halogens is 1. The summed E-state index contributed by atoms with van der Waals surface area (Å²) in [6.45, 7) is 6.49. The van der Waals surface area contributed by atoms with Crippen LogP contribution in [-0.2, 0) is 12.5 Å². The Morgan fingerprint density at radius 1 is 1.33 bits per heavy atom. The number of aryl methyl sites for hydroxylation is 1. The monoisotopic (exact) mass is 278 g/mol. The molecule has 0 fully saturated rings. The molecular weight excluding hydrogens is 263 g/mol. The van der Waals surface area contributed by atoms with Gasteiger partial charge in [-0.2, -0.15) is 0 Å². The van der Waals surface area contributed by atoms with Crippen LogP contribution in [0.4, 0.5) is 0 Å². The molecule has 1 aromatic heterocycles. The Morgan fingerprint density at radius 3 is 2.25 bits per heavy atom. The van der Waals surface area contributed by atoms with E-state index < -0.39 is 0 Å². The second kappa shape index (κ2) is 4.16. The molecule has 0 aliphatic heterocycles. The van der Waals surface area contributed by atoms with Crippen molar-refractivity contribution in [2.45, 2.75) is 26.2 Å². The van der Waals surface area contributed by atoms with Crippen LogP contribution in [-0.4, -0.2) is 4.98 Å². The molecule has 0 aliphatic rings. The van der Waals surface area contributed by atoms with E-state index in [2.05, 4.69) is 31.8 Å². The standard InChI is InChI=1S/C9H15N2.HI/c1-9(2,3)8-5-6-11(4)7-10-8;/h5-7H,1-4H3;1H/q+1;/p-1. The van der Waals surface area contributed by atoms with Crippen molar-refractivity contribution >= 4 is 0 Å². The molecule has 0 bridgehead atoms. The van der Waals surface area contributed by atoms with Crippen LogP contribution in [0.2, 0.25) is 0 Å². The number of hydrogen-bond donors (Lipinski definition) is 0. The average molecular weight is 278 g/mol. The minimum atomic E-state index is 0. The maximum absolute atomic E-state index is 4.31. The maximum atomic E-state index is 4.31. The molecule has 0 aliphatic carbocycles. The fraction of sp³-hybridized carbons (Fsp3) is 0.556. The molecule has 0 saturated heterocycles. The zero-order valence-electron chi connectivity index (χ0n) is 8.00. The molecule has 1 aromatic rings. The highest BCUT2D eigenvalue weighted by atomic mass is 127. The lowest BCUT2D eigenvalue weighted by molar-refractivity contribution is -0.674. The van der Waals surface area contributed by atoms with Gasteiger partial charge in [0.05, 0.1) is 13.2 Å². The van der Waals surface area contributed by atoms with Crippen LogP contribution in [0.3, 0.4) is 0 Å². The molecule has 2 nitrogen and oxygen atoms in total. The molecule has 0 N–H and O–H groups in total. The summed E-state index contributed by atoms with van der Waals surface area (Å²) < 4.78 is 1.94. The molecule has 1 rings (SSSR count). The first-order valence-corrected chi connectivity index (χ1v) is 3.82. The van der Waals surface area contributed by atoms with Crippen molar-refractivity contribution < 1.29 is 28.5 Å². The zero-order chi connectivity index (χ0) is 8.48. The summed E-state index contributed by atoms with van der Waals surface area (Å²) in [7, 11) is 1.97. The van der Waals surface area contributed by atoms with Crippen molar-refractivity contribution in [3.05, 3.63) is 24.3 Å². The average Bonchev–Trinajstić information content (AvgIpc) is 1.86. The van der Waals surface area contributed by atoms with E-state index in [9.17, 15) is 0 Å². The fourth-order valence-electron chi connectivity index (χ4n) is 0.867. The van der Waals surface area contributed by atoms with Crippen molar-refractivity contribution in [1.29, 1.82) is 0 Å². The van der Waals surface area contributed by atoms with E-state index in [-0.39, 0.29) is 29.4 Å². The number of aromatic nitrogens is 2. The van der Waals surface area contributed by atoms with Crippen LogP contribution in [0, 0.1) is 0 Å². The number of nitrogens with zero attached hydrogens (tertiary/aromatic N) is 2. The molecule has 0 amide bonds. The molecular formula is C9H15IN2. The largest absolute Gasteiger partial charge is 1.00 e. The summed E-state index contributed by atoms with van der Waals surface area (Å²) in [5.41, 5.74) is 1.30. The van der Waals surface area contributed by atoms with Crippen LogP contribution in [0.15, 0.2) is 18.6 Å². The molecule has 0 saturated carbocycles. The second-order valence-corrected chi connectivity index (χ2v) is 3.86. The smallest absolute Gasteiger partial charge is 0.286 e. The van der Waals surface area contributed by atoms with Gasteiger partial charge in [0.1, 0.15) is 0 Å². The third kappa shape index (κ3) is 3.05. The Bertz CT molecular complexity index is 236. The fourth-order valence-corrected chi connectivity index (χ4v) is 0.867. The third-order valence-corrected chi connectivity index (χ3v) is 1.61. The van der Waals surface area contributed by atoms with Crippen molar-refractivity contribution in [3.8, 4) is 0 Å². The van der Waals surface area contributed by atoms with Crippen LogP contribution in [0.25, 0.3) is 0 Å². The van der Waals surface area contributed by atoms with E-state index >= 15 is 0 Å². The van der Waals surface area contributed by atoms with Crippen LogP contribution in [0.1, 0.15) is 26.5 Å². The lowest BCUT2D eigenvalue weighted by Gasteiger charge is -2.11. The first-order chi connectivity index (χ1) is 5.00. The Morgan fingerprint density at radius 2 is 1.92 bits per heavy atom. The van der Waals surface area contributed by atoms with E-state index in [1.54, 1.807) is 0 Å². The second-order valence-electron chi connectivity index (χ2n) is 3.86. The molecule has 0 unspecified atom stereocenters. The summed E-state index contributed by atoms with van der Waals surface area (Å²) in [4.78, 5) is 4.31. The Hall–Kier alpha value is -0.190. The first kappa shape index (κ1) is 11.8. The Balaban J connectivity index is 0.00000121. The van der Waals surface area contributed by atoms with Gasteiger partial charge in [-0.25, -0.2) is 4.57 Å². The van der Waals surface area contributed by atoms with Crippen LogP contribution >= 0.6 is 0 Å². The topological polar surface area (TPSA) is 16.8 Å². The molecule has 0 atom stereocenters. The molecule has 3 heteroatoms. The summed E-state index contributed by atoms with van der Waals surface area (Å²) in [6, 6.07) is 2.06.